The number of phenols is 1. The third-order valence-corrected chi connectivity index (χ3v) is 3.57. The Hall–Kier alpha value is -1.75. The summed E-state index contributed by atoms with van der Waals surface area (Å²) in [5, 5.41) is 11.4. The van der Waals surface area contributed by atoms with Crippen LogP contribution in [0.2, 0.25) is 0 Å². The highest BCUT2D eigenvalue weighted by atomic mass is 79.9. The van der Waals surface area contributed by atoms with E-state index < -0.39 is 0 Å². The second-order valence-electron chi connectivity index (χ2n) is 4.03. The van der Waals surface area contributed by atoms with Gasteiger partial charge in [-0.2, -0.15) is 0 Å². The fraction of sp³-hybridized carbons (Fsp3) is 0.214. The highest BCUT2D eigenvalue weighted by Gasteiger charge is 2.19. The molecule has 0 aliphatic heterocycles. The minimum absolute atomic E-state index is 0.0959. The molecule has 1 N–H and O–H groups in total. The predicted octanol–water partition coefficient (Wildman–Crippen LogP) is 3.53. The van der Waals surface area contributed by atoms with Crippen molar-refractivity contribution < 1.29 is 19.4 Å². The summed E-state index contributed by atoms with van der Waals surface area (Å²) in [6.07, 6.45) is 0. The molecule has 2 rings (SSSR count). The van der Waals surface area contributed by atoms with Crippen molar-refractivity contribution in [3.63, 3.8) is 0 Å². The Morgan fingerprint density at radius 3 is 2.47 bits per heavy atom. The molecular weight excluding hydrogens is 312 g/mol. The largest absolute Gasteiger partial charge is 0.506 e. The number of aromatic hydroxyl groups is 1. The van der Waals surface area contributed by atoms with Crippen LogP contribution in [0, 0.1) is 0 Å². The van der Waals surface area contributed by atoms with Gasteiger partial charge < -0.3 is 14.6 Å². The van der Waals surface area contributed by atoms with Crippen LogP contribution >= 0.6 is 15.9 Å². The topological polar surface area (TPSA) is 55.8 Å². The fourth-order valence-electron chi connectivity index (χ4n) is 2.05. The zero-order valence-corrected chi connectivity index (χ0v) is 12.4. The molecule has 0 aromatic heterocycles. The van der Waals surface area contributed by atoms with E-state index in [1.807, 2.05) is 0 Å². The summed E-state index contributed by atoms with van der Waals surface area (Å²) in [6.45, 7) is 1.39. The van der Waals surface area contributed by atoms with Crippen LogP contribution < -0.4 is 9.47 Å². The molecule has 100 valence electrons. The molecule has 0 saturated carbocycles. The minimum Gasteiger partial charge on any atom is -0.506 e. The van der Waals surface area contributed by atoms with Gasteiger partial charge in [0.1, 0.15) is 17.2 Å². The lowest BCUT2D eigenvalue weighted by atomic mass is 10.0. The van der Waals surface area contributed by atoms with Crippen LogP contribution in [-0.4, -0.2) is 25.1 Å². The highest BCUT2D eigenvalue weighted by molar-refractivity contribution is 9.10. The Kier molecular flexibility index (Phi) is 3.66. The van der Waals surface area contributed by atoms with Crippen LogP contribution in [0.3, 0.4) is 0 Å². The maximum absolute atomic E-state index is 11.6. The van der Waals surface area contributed by atoms with Gasteiger partial charge in [0.25, 0.3) is 0 Å². The first-order valence-corrected chi connectivity index (χ1v) is 6.37. The number of carbonyl (C=O) groups is 1. The van der Waals surface area contributed by atoms with E-state index in [2.05, 4.69) is 15.9 Å². The number of Topliss-reactive ketones (excluding diaryl/α,β-unsaturated/α-hetero) is 1. The first-order valence-electron chi connectivity index (χ1n) is 5.58. The second kappa shape index (κ2) is 5.09. The van der Waals surface area contributed by atoms with E-state index >= 15 is 0 Å². The van der Waals surface area contributed by atoms with Crippen molar-refractivity contribution in [3.8, 4) is 17.2 Å². The number of phenolic OH excluding ortho intramolecular Hbond substituents is 1. The maximum Gasteiger partial charge on any atom is 0.163 e. The molecule has 4 nitrogen and oxygen atoms in total. The van der Waals surface area contributed by atoms with E-state index in [9.17, 15) is 9.90 Å². The Labute approximate surface area is 119 Å². The highest BCUT2D eigenvalue weighted by Crippen LogP contribution is 2.44. The molecule has 0 atom stereocenters. The number of hydrogen-bond acceptors (Lipinski definition) is 4. The number of methoxy groups -OCH3 is 2. The molecule has 0 unspecified atom stereocenters. The molecular formula is C14H13BrO4. The van der Waals surface area contributed by atoms with Crippen molar-refractivity contribution in [1.82, 2.24) is 0 Å². The van der Waals surface area contributed by atoms with Crippen molar-refractivity contribution >= 4 is 32.5 Å². The van der Waals surface area contributed by atoms with Gasteiger partial charge in [0.05, 0.1) is 29.6 Å². The summed E-state index contributed by atoms with van der Waals surface area (Å²) in [5.41, 5.74) is 0.209. The van der Waals surface area contributed by atoms with Crippen LogP contribution in [0.5, 0.6) is 17.2 Å². The van der Waals surface area contributed by atoms with Gasteiger partial charge in [-0.05, 0) is 41.1 Å². The number of ketones is 1. The molecule has 19 heavy (non-hydrogen) atoms. The van der Waals surface area contributed by atoms with Crippen LogP contribution in [0.4, 0.5) is 0 Å². The van der Waals surface area contributed by atoms with Gasteiger partial charge in [0, 0.05) is 5.39 Å². The van der Waals surface area contributed by atoms with E-state index in [-0.39, 0.29) is 17.1 Å². The molecule has 0 spiro atoms. The molecule has 0 heterocycles. The lowest BCUT2D eigenvalue weighted by Gasteiger charge is -2.14. The van der Waals surface area contributed by atoms with E-state index in [1.165, 1.54) is 27.2 Å². The molecule has 2 aromatic carbocycles. The van der Waals surface area contributed by atoms with E-state index in [0.29, 0.717) is 26.7 Å². The lowest BCUT2D eigenvalue weighted by Crippen LogP contribution is -1.98. The molecule has 5 heteroatoms. The summed E-state index contributed by atoms with van der Waals surface area (Å²) < 4.78 is 11.3. The number of ether oxygens (including phenoxy) is 2. The number of carbonyl (C=O) groups excluding carboxylic acids is 1. The Morgan fingerprint density at radius 2 is 1.95 bits per heavy atom. The standard InChI is InChI=1S/C14H13BrO4/c1-7(16)9-6-11(18-2)8-4-5-10(15)14(19-3)12(8)13(9)17/h4-6,17H,1-3H3. The number of hydrogen-bond donors (Lipinski definition) is 1. The van der Waals surface area contributed by atoms with Crippen molar-refractivity contribution in [1.29, 1.82) is 0 Å². The van der Waals surface area contributed by atoms with E-state index in [0.717, 1.165) is 0 Å². The average molecular weight is 325 g/mol. The van der Waals surface area contributed by atoms with Gasteiger partial charge in [-0.1, -0.05) is 0 Å². The molecule has 2 aromatic rings. The maximum atomic E-state index is 11.6. The SMILES string of the molecule is COc1cc(C(C)=O)c(O)c2c(OC)c(Br)ccc12. The zero-order valence-electron chi connectivity index (χ0n) is 10.8. The van der Waals surface area contributed by atoms with E-state index in [4.69, 9.17) is 9.47 Å². The first kappa shape index (κ1) is 13.7. The normalized spacial score (nSPS) is 10.5. The number of rotatable bonds is 3. The van der Waals surface area contributed by atoms with Crippen molar-refractivity contribution in [2.24, 2.45) is 0 Å². The fourth-order valence-corrected chi connectivity index (χ4v) is 2.54. The van der Waals surface area contributed by atoms with Gasteiger partial charge in [0.2, 0.25) is 0 Å². The van der Waals surface area contributed by atoms with Crippen LogP contribution in [0.25, 0.3) is 10.8 Å². The van der Waals surface area contributed by atoms with Gasteiger partial charge >= 0.3 is 0 Å². The van der Waals surface area contributed by atoms with Gasteiger partial charge in [0.15, 0.2) is 5.78 Å². The molecule has 0 aliphatic rings. The molecule has 0 bridgehead atoms. The van der Waals surface area contributed by atoms with Gasteiger partial charge in [-0.3, -0.25) is 4.79 Å². The van der Waals surface area contributed by atoms with Crippen molar-refractivity contribution in [2.45, 2.75) is 6.92 Å². The minimum atomic E-state index is -0.236. The van der Waals surface area contributed by atoms with Gasteiger partial charge in [-0.25, -0.2) is 0 Å². The third kappa shape index (κ3) is 2.14. The molecule has 0 radical (unpaired) electrons. The molecule has 0 saturated heterocycles. The summed E-state index contributed by atoms with van der Waals surface area (Å²) in [4.78, 5) is 11.6. The Balaban J connectivity index is 3.00. The van der Waals surface area contributed by atoms with E-state index in [1.54, 1.807) is 12.1 Å². The summed E-state index contributed by atoms with van der Waals surface area (Å²) in [6, 6.07) is 5.13. The quantitative estimate of drug-likeness (QED) is 0.877. The summed E-state index contributed by atoms with van der Waals surface area (Å²) >= 11 is 3.36. The summed E-state index contributed by atoms with van der Waals surface area (Å²) in [5.74, 6) is 0.654. The van der Waals surface area contributed by atoms with Crippen molar-refractivity contribution in [3.05, 3.63) is 28.2 Å². The first-order chi connectivity index (χ1) is 9.01. The van der Waals surface area contributed by atoms with Crippen LogP contribution in [0.1, 0.15) is 17.3 Å². The number of fused-ring (bicyclic) bond motifs is 1. The zero-order chi connectivity index (χ0) is 14.2. The Bertz CT molecular complexity index is 664. The molecule has 0 aliphatic carbocycles. The molecule has 0 fully saturated rings. The predicted molar refractivity (Wildman–Crippen MR) is 76.4 cm³/mol. The van der Waals surface area contributed by atoms with Crippen LogP contribution in [0.15, 0.2) is 22.7 Å². The number of benzene rings is 2. The lowest BCUT2D eigenvalue weighted by molar-refractivity contribution is 0.101. The third-order valence-electron chi connectivity index (χ3n) is 2.95. The summed E-state index contributed by atoms with van der Waals surface area (Å²) in [7, 11) is 3.02. The Morgan fingerprint density at radius 1 is 1.26 bits per heavy atom. The number of halogens is 1. The van der Waals surface area contributed by atoms with Gasteiger partial charge in [-0.15, -0.1) is 0 Å². The smallest absolute Gasteiger partial charge is 0.163 e. The monoisotopic (exact) mass is 324 g/mol. The molecule has 0 amide bonds. The van der Waals surface area contributed by atoms with Crippen molar-refractivity contribution in [2.75, 3.05) is 14.2 Å². The van der Waals surface area contributed by atoms with Crippen LogP contribution in [-0.2, 0) is 0 Å². The average Bonchev–Trinajstić information content (AvgIpc) is 2.39. The second-order valence-corrected chi connectivity index (χ2v) is 4.89.